The zero-order chi connectivity index (χ0) is 18.3. The number of para-hydroxylation sites is 1. The van der Waals surface area contributed by atoms with Crippen molar-refractivity contribution in [2.24, 2.45) is 5.41 Å². The molecule has 1 aliphatic rings. The molecule has 2 aromatic carbocycles. The van der Waals surface area contributed by atoms with E-state index >= 15 is 0 Å². The van der Waals surface area contributed by atoms with Gasteiger partial charge in [-0.1, -0.05) is 43.3 Å². The largest absolute Gasteiger partial charge is 0.265 e. The van der Waals surface area contributed by atoms with Gasteiger partial charge >= 0.3 is 0 Å². The SMILES string of the molecule is CC(C)(C#N)CC1(C)CN(S(=O)(=O)c2ccccc2)c2ccccc21. The van der Waals surface area contributed by atoms with E-state index in [1.54, 1.807) is 30.3 Å². The summed E-state index contributed by atoms with van der Waals surface area (Å²) in [6, 6.07) is 18.4. The molecule has 25 heavy (non-hydrogen) atoms. The predicted octanol–water partition coefficient (Wildman–Crippen LogP) is 4.09. The molecule has 0 spiro atoms. The van der Waals surface area contributed by atoms with Gasteiger partial charge in [0.25, 0.3) is 10.0 Å². The Labute approximate surface area is 149 Å². The van der Waals surface area contributed by atoms with E-state index in [0.29, 0.717) is 18.7 Å². The molecule has 0 saturated heterocycles. The quantitative estimate of drug-likeness (QED) is 0.831. The highest BCUT2D eigenvalue weighted by Crippen LogP contribution is 2.48. The lowest BCUT2D eigenvalue weighted by atomic mass is 9.72. The Morgan fingerprint density at radius 2 is 1.72 bits per heavy atom. The van der Waals surface area contributed by atoms with Crippen molar-refractivity contribution < 1.29 is 8.42 Å². The molecule has 5 heteroatoms. The van der Waals surface area contributed by atoms with Gasteiger partial charge in [0.2, 0.25) is 0 Å². The summed E-state index contributed by atoms with van der Waals surface area (Å²) in [5, 5.41) is 9.44. The van der Waals surface area contributed by atoms with Crippen LogP contribution in [0.5, 0.6) is 0 Å². The Morgan fingerprint density at radius 3 is 2.36 bits per heavy atom. The zero-order valence-corrected chi connectivity index (χ0v) is 15.5. The molecule has 1 aliphatic heterocycles. The van der Waals surface area contributed by atoms with Crippen LogP contribution in [0.25, 0.3) is 0 Å². The first-order valence-corrected chi connectivity index (χ1v) is 9.72. The second kappa shape index (κ2) is 5.89. The Bertz CT molecular complexity index is 930. The highest BCUT2D eigenvalue weighted by molar-refractivity contribution is 7.92. The first kappa shape index (κ1) is 17.5. The minimum Gasteiger partial charge on any atom is -0.265 e. The number of benzene rings is 2. The molecule has 130 valence electrons. The van der Waals surface area contributed by atoms with E-state index in [1.165, 1.54) is 4.31 Å². The summed E-state index contributed by atoms with van der Waals surface area (Å²) in [4.78, 5) is 0.286. The number of fused-ring (bicyclic) bond motifs is 1. The lowest BCUT2D eigenvalue weighted by Gasteiger charge is -2.31. The Kier molecular flexibility index (Phi) is 4.12. The van der Waals surface area contributed by atoms with Gasteiger partial charge in [-0.2, -0.15) is 5.26 Å². The summed E-state index contributed by atoms with van der Waals surface area (Å²) in [5.74, 6) is 0. The van der Waals surface area contributed by atoms with Crippen molar-refractivity contribution in [1.29, 1.82) is 5.26 Å². The normalized spacial score (nSPS) is 20.2. The summed E-state index contributed by atoms with van der Waals surface area (Å²) in [5.41, 5.74) is 0.756. The van der Waals surface area contributed by atoms with Crippen LogP contribution < -0.4 is 4.31 Å². The summed E-state index contributed by atoms with van der Waals surface area (Å²) in [6.45, 7) is 6.19. The summed E-state index contributed by atoms with van der Waals surface area (Å²) in [6.07, 6.45) is 0.592. The average molecular weight is 354 g/mol. The van der Waals surface area contributed by atoms with Crippen LogP contribution in [0.4, 0.5) is 5.69 Å². The van der Waals surface area contributed by atoms with Gasteiger partial charge in [-0.25, -0.2) is 8.42 Å². The molecule has 0 N–H and O–H groups in total. The summed E-state index contributed by atoms with van der Waals surface area (Å²) in [7, 11) is -3.64. The second-order valence-electron chi connectivity index (χ2n) is 7.58. The maximum Gasteiger partial charge on any atom is 0.264 e. The van der Waals surface area contributed by atoms with Gasteiger partial charge in [0.1, 0.15) is 0 Å². The van der Waals surface area contributed by atoms with E-state index in [4.69, 9.17) is 0 Å². The third-order valence-corrected chi connectivity index (χ3v) is 6.56. The van der Waals surface area contributed by atoms with Crippen molar-refractivity contribution in [3.63, 3.8) is 0 Å². The molecular weight excluding hydrogens is 332 g/mol. The average Bonchev–Trinajstić information content (AvgIpc) is 2.89. The number of sulfonamides is 1. The molecule has 0 saturated carbocycles. The van der Waals surface area contributed by atoms with Crippen LogP contribution in [0.15, 0.2) is 59.5 Å². The second-order valence-corrected chi connectivity index (χ2v) is 9.44. The van der Waals surface area contributed by atoms with E-state index in [2.05, 4.69) is 6.07 Å². The number of nitrogens with zero attached hydrogens (tertiary/aromatic N) is 2. The Hall–Kier alpha value is -2.32. The van der Waals surface area contributed by atoms with Crippen molar-refractivity contribution >= 4 is 15.7 Å². The number of rotatable bonds is 4. The third kappa shape index (κ3) is 3.03. The van der Waals surface area contributed by atoms with Gasteiger partial charge in [-0.3, -0.25) is 4.31 Å². The molecule has 3 rings (SSSR count). The van der Waals surface area contributed by atoms with Crippen molar-refractivity contribution in [2.45, 2.75) is 37.5 Å². The maximum absolute atomic E-state index is 13.2. The fraction of sp³-hybridized carbons (Fsp3) is 0.350. The Balaban J connectivity index is 2.09. The smallest absolute Gasteiger partial charge is 0.264 e. The van der Waals surface area contributed by atoms with Gasteiger partial charge in [0, 0.05) is 12.0 Å². The molecule has 0 amide bonds. The van der Waals surface area contributed by atoms with E-state index in [1.807, 2.05) is 45.0 Å². The molecule has 1 unspecified atom stereocenters. The lowest BCUT2D eigenvalue weighted by molar-refractivity contribution is 0.326. The van der Waals surface area contributed by atoms with E-state index in [0.717, 1.165) is 5.56 Å². The van der Waals surface area contributed by atoms with Crippen LogP contribution in [0.2, 0.25) is 0 Å². The molecule has 0 bridgehead atoms. The van der Waals surface area contributed by atoms with Gasteiger partial charge in [-0.15, -0.1) is 0 Å². The molecule has 0 fully saturated rings. The molecule has 2 aromatic rings. The lowest BCUT2D eigenvalue weighted by Crippen LogP contribution is -2.37. The van der Waals surface area contributed by atoms with Gasteiger partial charge in [0.05, 0.1) is 22.1 Å². The molecule has 1 heterocycles. The first-order chi connectivity index (χ1) is 11.7. The van der Waals surface area contributed by atoms with Crippen molar-refractivity contribution in [2.75, 3.05) is 10.8 Å². The van der Waals surface area contributed by atoms with Gasteiger partial charge in [-0.05, 0) is 44.0 Å². The fourth-order valence-corrected chi connectivity index (χ4v) is 5.42. The topological polar surface area (TPSA) is 61.2 Å². The number of hydrogen-bond donors (Lipinski definition) is 0. The van der Waals surface area contributed by atoms with Crippen LogP contribution in [-0.2, 0) is 15.4 Å². The maximum atomic E-state index is 13.2. The van der Waals surface area contributed by atoms with Crippen molar-refractivity contribution in [3.05, 3.63) is 60.2 Å². The van der Waals surface area contributed by atoms with Crippen molar-refractivity contribution in [1.82, 2.24) is 0 Å². The van der Waals surface area contributed by atoms with Crippen LogP contribution in [0.1, 0.15) is 32.8 Å². The number of hydrogen-bond acceptors (Lipinski definition) is 3. The summed E-state index contributed by atoms with van der Waals surface area (Å²) >= 11 is 0. The van der Waals surface area contributed by atoms with Crippen LogP contribution in [0, 0.1) is 16.7 Å². The highest BCUT2D eigenvalue weighted by Gasteiger charge is 2.46. The monoisotopic (exact) mass is 354 g/mol. The first-order valence-electron chi connectivity index (χ1n) is 8.28. The standard InChI is InChI=1S/C20H22N2O2S/c1-19(2,14-21)13-20(3)15-22(18-12-8-7-11-17(18)20)25(23,24)16-9-5-4-6-10-16/h4-12H,13,15H2,1-3H3. The highest BCUT2D eigenvalue weighted by atomic mass is 32.2. The van der Waals surface area contributed by atoms with Gasteiger partial charge in [0.15, 0.2) is 0 Å². The van der Waals surface area contributed by atoms with Gasteiger partial charge < -0.3 is 0 Å². The Morgan fingerprint density at radius 1 is 1.12 bits per heavy atom. The van der Waals surface area contributed by atoms with E-state index < -0.39 is 20.9 Å². The molecule has 0 aromatic heterocycles. The molecule has 4 nitrogen and oxygen atoms in total. The zero-order valence-electron chi connectivity index (χ0n) is 14.7. The fourth-order valence-electron chi connectivity index (χ4n) is 3.79. The molecule has 1 atom stereocenters. The molecule has 0 aliphatic carbocycles. The van der Waals surface area contributed by atoms with E-state index in [-0.39, 0.29) is 4.90 Å². The molecular formula is C20H22N2O2S. The number of nitriles is 1. The van der Waals surface area contributed by atoms with E-state index in [9.17, 15) is 13.7 Å². The predicted molar refractivity (Wildman–Crippen MR) is 98.8 cm³/mol. The van der Waals surface area contributed by atoms with Crippen LogP contribution in [0.3, 0.4) is 0 Å². The summed E-state index contributed by atoms with van der Waals surface area (Å²) < 4.78 is 27.9. The van der Waals surface area contributed by atoms with Crippen LogP contribution in [-0.4, -0.2) is 15.0 Å². The van der Waals surface area contributed by atoms with Crippen molar-refractivity contribution in [3.8, 4) is 6.07 Å². The third-order valence-electron chi connectivity index (χ3n) is 4.78. The minimum absolute atomic E-state index is 0.286. The van der Waals surface area contributed by atoms with Crippen LogP contribution >= 0.6 is 0 Å². The molecule has 0 radical (unpaired) electrons. The minimum atomic E-state index is -3.64. The number of anilines is 1.